The quantitative estimate of drug-likeness (QED) is 0.332. The van der Waals surface area contributed by atoms with Gasteiger partial charge in [-0.3, -0.25) is 15.0 Å². The summed E-state index contributed by atoms with van der Waals surface area (Å²) in [5, 5.41) is 3.49. The fraction of sp³-hybridized carbons (Fsp3) is 0.185. The van der Waals surface area contributed by atoms with Gasteiger partial charge in [-0.2, -0.15) is 0 Å². The van der Waals surface area contributed by atoms with E-state index >= 15 is 0 Å². The lowest BCUT2D eigenvalue weighted by molar-refractivity contribution is 0.409. The van der Waals surface area contributed by atoms with Gasteiger partial charge in [0, 0.05) is 23.7 Å². The SMILES string of the molecule is COc1ccccc1CCNCc1nc(-c2cccc(C)n2)c(-c2ccc3nccnc3c2)[nH]1. The van der Waals surface area contributed by atoms with Gasteiger partial charge in [-0.25, -0.2) is 4.98 Å². The third-order valence-corrected chi connectivity index (χ3v) is 5.70. The van der Waals surface area contributed by atoms with Gasteiger partial charge in [-0.1, -0.05) is 30.3 Å². The van der Waals surface area contributed by atoms with Crippen molar-refractivity contribution in [3.8, 4) is 28.4 Å². The van der Waals surface area contributed by atoms with Crippen molar-refractivity contribution < 1.29 is 4.74 Å². The first kappa shape index (κ1) is 21.7. The van der Waals surface area contributed by atoms with E-state index in [2.05, 4.69) is 26.3 Å². The second-order valence-electron chi connectivity index (χ2n) is 8.07. The molecule has 2 aromatic carbocycles. The molecule has 0 aliphatic carbocycles. The van der Waals surface area contributed by atoms with Crippen molar-refractivity contribution >= 4 is 11.0 Å². The lowest BCUT2D eigenvalue weighted by atomic mass is 10.1. The lowest BCUT2D eigenvalue weighted by Crippen LogP contribution is -2.17. The van der Waals surface area contributed by atoms with E-state index in [-0.39, 0.29) is 0 Å². The summed E-state index contributed by atoms with van der Waals surface area (Å²) in [6.07, 6.45) is 4.28. The molecule has 0 unspecified atom stereocenters. The van der Waals surface area contributed by atoms with Gasteiger partial charge < -0.3 is 15.0 Å². The molecule has 0 amide bonds. The Morgan fingerprint density at radius 2 is 1.76 bits per heavy atom. The predicted octanol–water partition coefficient (Wildman–Crippen LogP) is 4.73. The monoisotopic (exact) mass is 450 g/mol. The molecule has 0 atom stereocenters. The zero-order valence-electron chi connectivity index (χ0n) is 19.2. The van der Waals surface area contributed by atoms with Gasteiger partial charge in [-0.15, -0.1) is 0 Å². The zero-order valence-corrected chi connectivity index (χ0v) is 19.2. The van der Waals surface area contributed by atoms with Gasteiger partial charge in [0.05, 0.1) is 36.1 Å². The van der Waals surface area contributed by atoms with Crippen molar-refractivity contribution in [2.75, 3.05) is 13.7 Å². The molecule has 0 fully saturated rings. The third-order valence-electron chi connectivity index (χ3n) is 5.70. The average Bonchev–Trinajstić information content (AvgIpc) is 3.31. The summed E-state index contributed by atoms with van der Waals surface area (Å²) in [5.41, 5.74) is 7.42. The van der Waals surface area contributed by atoms with E-state index in [4.69, 9.17) is 14.7 Å². The van der Waals surface area contributed by atoms with Crippen LogP contribution in [0.5, 0.6) is 5.75 Å². The summed E-state index contributed by atoms with van der Waals surface area (Å²) >= 11 is 0. The van der Waals surface area contributed by atoms with Crippen LogP contribution in [0, 0.1) is 6.92 Å². The van der Waals surface area contributed by atoms with E-state index in [0.29, 0.717) is 6.54 Å². The van der Waals surface area contributed by atoms with Crippen LogP contribution in [0.4, 0.5) is 0 Å². The highest BCUT2D eigenvalue weighted by molar-refractivity contribution is 5.84. The molecule has 0 aliphatic rings. The molecule has 7 heteroatoms. The molecule has 34 heavy (non-hydrogen) atoms. The Labute approximate surface area is 198 Å². The molecule has 0 saturated heterocycles. The first-order valence-corrected chi connectivity index (χ1v) is 11.3. The number of ether oxygens (including phenoxy) is 1. The smallest absolute Gasteiger partial charge is 0.122 e. The predicted molar refractivity (Wildman–Crippen MR) is 133 cm³/mol. The number of methoxy groups -OCH3 is 1. The van der Waals surface area contributed by atoms with E-state index in [1.807, 2.05) is 61.5 Å². The topological polar surface area (TPSA) is 88.6 Å². The van der Waals surface area contributed by atoms with Crippen molar-refractivity contribution in [3.05, 3.63) is 90.1 Å². The molecule has 0 aliphatic heterocycles. The molecule has 0 saturated carbocycles. The van der Waals surface area contributed by atoms with Crippen LogP contribution >= 0.6 is 0 Å². The molecule has 2 N–H and O–H groups in total. The van der Waals surface area contributed by atoms with Crippen LogP contribution in [0.15, 0.2) is 73.1 Å². The molecule has 3 heterocycles. The van der Waals surface area contributed by atoms with E-state index < -0.39 is 0 Å². The minimum atomic E-state index is 0.612. The normalized spacial score (nSPS) is 11.1. The molecule has 0 radical (unpaired) electrons. The Kier molecular flexibility index (Phi) is 6.27. The number of aromatic amines is 1. The molecular formula is C27H26N6O. The average molecular weight is 451 g/mol. The van der Waals surface area contributed by atoms with Gasteiger partial charge in [0.1, 0.15) is 17.3 Å². The Morgan fingerprint density at radius 3 is 2.62 bits per heavy atom. The first-order valence-electron chi connectivity index (χ1n) is 11.3. The second-order valence-corrected chi connectivity index (χ2v) is 8.07. The number of aryl methyl sites for hydroxylation is 1. The van der Waals surface area contributed by atoms with E-state index in [0.717, 1.165) is 63.9 Å². The van der Waals surface area contributed by atoms with Crippen LogP contribution < -0.4 is 10.1 Å². The number of aromatic nitrogens is 5. The van der Waals surface area contributed by atoms with Gasteiger partial charge in [0.25, 0.3) is 0 Å². The van der Waals surface area contributed by atoms with Crippen LogP contribution in [0.2, 0.25) is 0 Å². The van der Waals surface area contributed by atoms with Crippen LogP contribution in [-0.2, 0) is 13.0 Å². The van der Waals surface area contributed by atoms with Crippen molar-refractivity contribution in [3.63, 3.8) is 0 Å². The highest BCUT2D eigenvalue weighted by atomic mass is 16.5. The number of hydrogen-bond donors (Lipinski definition) is 2. The number of rotatable bonds is 8. The highest BCUT2D eigenvalue weighted by Gasteiger charge is 2.16. The van der Waals surface area contributed by atoms with Crippen molar-refractivity contribution in [2.24, 2.45) is 0 Å². The fourth-order valence-electron chi connectivity index (χ4n) is 4.03. The number of hydrogen-bond acceptors (Lipinski definition) is 6. The molecule has 0 bridgehead atoms. The summed E-state index contributed by atoms with van der Waals surface area (Å²) in [6, 6.07) is 20.2. The molecule has 3 aromatic heterocycles. The first-order chi connectivity index (χ1) is 16.7. The molecule has 5 aromatic rings. The number of imidazole rings is 1. The number of nitrogens with one attached hydrogen (secondary N) is 2. The molecular weight excluding hydrogens is 424 g/mol. The Bertz CT molecular complexity index is 1430. The molecule has 7 nitrogen and oxygen atoms in total. The summed E-state index contributed by atoms with van der Waals surface area (Å²) in [6.45, 7) is 3.41. The Balaban J connectivity index is 1.41. The number of fused-ring (bicyclic) bond motifs is 1. The van der Waals surface area contributed by atoms with Crippen molar-refractivity contribution in [1.29, 1.82) is 0 Å². The maximum atomic E-state index is 5.46. The van der Waals surface area contributed by atoms with Crippen LogP contribution in [0.25, 0.3) is 33.7 Å². The van der Waals surface area contributed by atoms with Crippen molar-refractivity contribution in [2.45, 2.75) is 19.9 Å². The minimum absolute atomic E-state index is 0.612. The molecule has 5 rings (SSSR count). The summed E-state index contributed by atoms with van der Waals surface area (Å²) in [5.74, 6) is 1.77. The largest absolute Gasteiger partial charge is 0.496 e. The molecule has 170 valence electrons. The summed E-state index contributed by atoms with van der Waals surface area (Å²) in [4.78, 5) is 22.0. The summed E-state index contributed by atoms with van der Waals surface area (Å²) in [7, 11) is 1.70. The minimum Gasteiger partial charge on any atom is -0.496 e. The van der Waals surface area contributed by atoms with Crippen LogP contribution in [0.3, 0.4) is 0 Å². The van der Waals surface area contributed by atoms with E-state index in [9.17, 15) is 0 Å². The van der Waals surface area contributed by atoms with Crippen molar-refractivity contribution in [1.82, 2.24) is 30.2 Å². The standard InChI is InChI=1S/C27H26N6O/c1-18-6-5-8-22(31-18)27-26(20-10-11-21-23(16-20)30-15-14-29-21)32-25(33-27)17-28-13-12-19-7-3-4-9-24(19)34-2/h3-11,14-16,28H,12-13,17H2,1-2H3,(H,32,33). The van der Waals surface area contributed by atoms with Crippen LogP contribution in [0.1, 0.15) is 17.1 Å². The van der Waals surface area contributed by atoms with Gasteiger partial charge in [-0.05, 0) is 55.8 Å². The lowest BCUT2D eigenvalue weighted by Gasteiger charge is -2.08. The highest BCUT2D eigenvalue weighted by Crippen LogP contribution is 2.30. The summed E-state index contributed by atoms with van der Waals surface area (Å²) < 4.78 is 5.46. The number of pyridine rings is 1. The maximum absolute atomic E-state index is 5.46. The third kappa shape index (κ3) is 4.65. The van der Waals surface area contributed by atoms with Gasteiger partial charge in [0.15, 0.2) is 0 Å². The molecule has 0 spiro atoms. The second kappa shape index (κ2) is 9.80. The fourth-order valence-corrected chi connectivity index (χ4v) is 4.03. The van der Waals surface area contributed by atoms with Crippen LogP contribution in [-0.4, -0.2) is 38.6 Å². The van der Waals surface area contributed by atoms with E-state index in [1.54, 1.807) is 19.5 Å². The zero-order chi connectivity index (χ0) is 23.3. The van der Waals surface area contributed by atoms with Gasteiger partial charge in [0.2, 0.25) is 0 Å². The number of nitrogens with zero attached hydrogens (tertiary/aromatic N) is 4. The Hall–Kier alpha value is -4.10. The maximum Gasteiger partial charge on any atom is 0.122 e. The number of para-hydroxylation sites is 1. The number of benzene rings is 2. The van der Waals surface area contributed by atoms with Gasteiger partial charge >= 0.3 is 0 Å². The Morgan fingerprint density at radius 1 is 0.912 bits per heavy atom. The number of H-pyrrole nitrogens is 1. The van der Waals surface area contributed by atoms with E-state index in [1.165, 1.54) is 5.56 Å².